The van der Waals surface area contributed by atoms with Crippen molar-refractivity contribution in [3.05, 3.63) is 64.8 Å². The van der Waals surface area contributed by atoms with E-state index in [4.69, 9.17) is 14.8 Å². The van der Waals surface area contributed by atoms with Crippen molar-refractivity contribution in [3.63, 3.8) is 0 Å². The molecule has 7 heteroatoms. The number of ether oxygens (including phenoxy) is 1. The lowest BCUT2D eigenvalue weighted by atomic mass is 9.85. The normalized spacial score (nSPS) is 16.0. The SMILES string of the molecule is COc1ccc2nc(-n3nc(C)c4c3NC(=O)C[C@@H]4c3cccc(C)c3)sc2c1. The Morgan fingerprint density at radius 3 is 2.86 bits per heavy atom. The molecule has 2 aromatic heterocycles. The number of carbonyl (C=O) groups is 1. The third-order valence-corrected chi connectivity index (χ3v) is 6.31. The number of benzene rings is 2. The van der Waals surface area contributed by atoms with Gasteiger partial charge in [0.05, 0.1) is 23.0 Å². The molecule has 0 radical (unpaired) electrons. The minimum atomic E-state index is -0.0122. The predicted octanol–water partition coefficient (Wildman–Crippen LogP) is 4.58. The fraction of sp³-hybridized carbons (Fsp3) is 0.227. The second kappa shape index (κ2) is 6.70. The number of nitrogens with one attached hydrogen (secondary N) is 1. The quantitative estimate of drug-likeness (QED) is 0.543. The molecule has 0 spiro atoms. The van der Waals surface area contributed by atoms with E-state index in [1.807, 2.05) is 31.2 Å². The van der Waals surface area contributed by atoms with Crippen molar-refractivity contribution in [2.24, 2.45) is 0 Å². The van der Waals surface area contributed by atoms with Gasteiger partial charge in [-0.1, -0.05) is 41.2 Å². The van der Waals surface area contributed by atoms with Crippen LogP contribution in [0.15, 0.2) is 42.5 Å². The van der Waals surface area contributed by atoms with E-state index in [0.717, 1.165) is 43.7 Å². The van der Waals surface area contributed by atoms with Gasteiger partial charge in [-0.25, -0.2) is 4.98 Å². The first-order valence-corrected chi connectivity index (χ1v) is 10.3. The molecular weight excluding hydrogens is 384 g/mol. The fourth-order valence-electron chi connectivity index (χ4n) is 3.97. The van der Waals surface area contributed by atoms with Gasteiger partial charge in [-0.05, 0) is 37.6 Å². The molecule has 0 saturated heterocycles. The fourth-order valence-corrected chi connectivity index (χ4v) is 4.92. The highest BCUT2D eigenvalue weighted by molar-refractivity contribution is 7.20. The highest BCUT2D eigenvalue weighted by atomic mass is 32.1. The molecule has 146 valence electrons. The number of nitrogens with zero attached hydrogens (tertiary/aromatic N) is 3. The zero-order valence-corrected chi connectivity index (χ0v) is 17.2. The lowest BCUT2D eigenvalue weighted by molar-refractivity contribution is -0.116. The molecular formula is C22H20N4O2S. The van der Waals surface area contributed by atoms with Gasteiger partial charge in [0.15, 0.2) is 0 Å². The molecule has 0 unspecified atom stereocenters. The minimum Gasteiger partial charge on any atom is -0.497 e. The molecule has 29 heavy (non-hydrogen) atoms. The Morgan fingerprint density at radius 2 is 2.07 bits per heavy atom. The Morgan fingerprint density at radius 1 is 1.21 bits per heavy atom. The van der Waals surface area contributed by atoms with Crippen molar-refractivity contribution in [2.75, 3.05) is 12.4 Å². The lowest BCUT2D eigenvalue weighted by Crippen LogP contribution is -2.25. The van der Waals surface area contributed by atoms with Gasteiger partial charge in [0.2, 0.25) is 11.0 Å². The first-order chi connectivity index (χ1) is 14.0. The van der Waals surface area contributed by atoms with Crippen molar-refractivity contribution in [2.45, 2.75) is 26.2 Å². The van der Waals surface area contributed by atoms with Gasteiger partial charge in [-0.2, -0.15) is 9.78 Å². The monoisotopic (exact) mass is 404 g/mol. The Balaban J connectivity index is 1.66. The van der Waals surface area contributed by atoms with E-state index in [2.05, 4.69) is 30.4 Å². The van der Waals surface area contributed by atoms with Crippen LogP contribution < -0.4 is 10.1 Å². The van der Waals surface area contributed by atoms with Crippen LogP contribution in [0.3, 0.4) is 0 Å². The molecule has 3 heterocycles. The summed E-state index contributed by atoms with van der Waals surface area (Å²) in [6, 6.07) is 14.1. The first kappa shape index (κ1) is 17.9. The molecule has 0 aliphatic carbocycles. The number of aromatic nitrogens is 3. The van der Waals surface area contributed by atoms with Gasteiger partial charge < -0.3 is 10.1 Å². The van der Waals surface area contributed by atoms with Crippen LogP contribution >= 0.6 is 11.3 Å². The van der Waals surface area contributed by atoms with Crippen LogP contribution in [0.25, 0.3) is 15.3 Å². The summed E-state index contributed by atoms with van der Waals surface area (Å²) in [5, 5.41) is 8.51. The molecule has 2 aromatic carbocycles. The standard InChI is InChI=1S/C22H20N4O2S/c1-12-5-4-6-14(9-12)16-11-19(27)24-21-20(16)13(2)25-26(21)22-23-17-8-7-15(28-3)10-18(17)29-22/h4-10,16H,11H2,1-3H3,(H,24,27)/t16-/m1/s1. The smallest absolute Gasteiger partial charge is 0.226 e. The Hall–Kier alpha value is -3.19. The summed E-state index contributed by atoms with van der Waals surface area (Å²) < 4.78 is 8.10. The van der Waals surface area contributed by atoms with E-state index < -0.39 is 0 Å². The van der Waals surface area contributed by atoms with E-state index in [0.29, 0.717) is 6.42 Å². The second-order valence-electron chi connectivity index (χ2n) is 7.31. The van der Waals surface area contributed by atoms with Crippen LogP contribution in [0.5, 0.6) is 5.75 Å². The largest absolute Gasteiger partial charge is 0.497 e. The highest BCUT2D eigenvalue weighted by Gasteiger charge is 2.33. The van der Waals surface area contributed by atoms with Crippen LogP contribution in [-0.2, 0) is 4.79 Å². The number of hydrogen-bond donors (Lipinski definition) is 1. The van der Waals surface area contributed by atoms with Crippen LogP contribution in [0.2, 0.25) is 0 Å². The number of hydrogen-bond acceptors (Lipinski definition) is 5. The van der Waals surface area contributed by atoms with Crippen molar-refractivity contribution in [1.82, 2.24) is 14.8 Å². The predicted molar refractivity (Wildman–Crippen MR) is 114 cm³/mol. The van der Waals surface area contributed by atoms with Crippen molar-refractivity contribution >= 4 is 33.3 Å². The van der Waals surface area contributed by atoms with E-state index in [1.54, 1.807) is 11.8 Å². The number of fused-ring (bicyclic) bond motifs is 2. The Labute approximate surface area is 172 Å². The maximum atomic E-state index is 12.6. The van der Waals surface area contributed by atoms with Gasteiger partial charge in [-0.3, -0.25) is 4.79 Å². The third kappa shape index (κ3) is 2.98. The topological polar surface area (TPSA) is 69.0 Å². The summed E-state index contributed by atoms with van der Waals surface area (Å²) in [4.78, 5) is 17.3. The molecule has 1 atom stereocenters. The van der Waals surface area contributed by atoms with Gasteiger partial charge in [0, 0.05) is 17.9 Å². The Bertz CT molecular complexity index is 1260. The molecule has 1 aliphatic rings. The summed E-state index contributed by atoms with van der Waals surface area (Å²) >= 11 is 1.52. The Kier molecular flexibility index (Phi) is 4.13. The van der Waals surface area contributed by atoms with E-state index in [-0.39, 0.29) is 11.8 Å². The number of anilines is 1. The van der Waals surface area contributed by atoms with Crippen LogP contribution in [-0.4, -0.2) is 27.8 Å². The number of carbonyl (C=O) groups excluding carboxylic acids is 1. The number of aryl methyl sites for hydroxylation is 2. The summed E-state index contributed by atoms with van der Waals surface area (Å²) in [5.74, 6) is 1.49. The summed E-state index contributed by atoms with van der Waals surface area (Å²) in [5.41, 5.74) is 5.17. The second-order valence-corrected chi connectivity index (χ2v) is 8.32. The average molecular weight is 404 g/mol. The van der Waals surface area contributed by atoms with Gasteiger partial charge in [0.1, 0.15) is 11.6 Å². The van der Waals surface area contributed by atoms with Gasteiger partial charge in [0.25, 0.3) is 0 Å². The summed E-state index contributed by atoms with van der Waals surface area (Å²) in [7, 11) is 1.65. The molecule has 0 fully saturated rings. The lowest BCUT2D eigenvalue weighted by Gasteiger charge is -2.24. The zero-order valence-electron chi connectivity index (χ0n) is 16.4. The van der Waals surface area contributed by atoms with Crippen LogP contribution in [0.1, 0.15) is 34.7 Å². The van der Waals surface area contributed by atoms with Crippen LogP contribution in [0.4, 0.5) is 5.82 Å². The first-order valence-electron chi connectivity index (χ1n) is 9.44. The van der Waals surface area contributed by atoms with E-state index in [9.17, 15) is 4.79 Å². The van der Waals surface area contributed by atoms with Gasteiger partial charge >= 0.3 is 0 Å². The number of rotatable bonds is 3. The number of amides is 1. The molecule has 0 saturated carbocycles. The molecule has 1 aliphatic heterocycles. The van der Waals surface area contributed by atoms with E-state index in [1.165, 1.54) is 16.9 Å². The van der Waals surface area contributed by atoms with Gasteiger partial charge in [-0.15, -0.1) is 0 Å². The molecule has 1 N–H and O–H groups in total. The third-order valence-electron chi connectivity index (χ3n) is 5.31. The highest BCUT2D eigenvalue weighted by Crippen LogP contribution is 2.41. The summed E-state index contributed by atoms with van der Waals surface area (Å²) in [6.45, 7) is 4.06. The van der Waals surface area contributed by atoms with Crippen molar-refractivity contribution in [1.29, 1.82) is 0 Å². The average Bonchev–Trinajstić information content (AvgIpc) is 3.27. The number of thiazole rings is 1. The van der Waals surface area contributed by atoms with E-state index >= 15 is 0 Å². The van der Waals surface area contributed by atoms with Crippen LogP contribution in [0, 0.1) is 13.8 Å². The summed E-state index contributed by atoms with van der Waals surface area (Å²) in [6.07, 6.45) is 0.417. The maximum Gasteiger partial charge on any atom is 0.226 e. The number of methoxy groups -OCH3 is 1. The van der Waals surface area contributed by atoms with Crippen molar-refractivity contribution in [3.8, 4) is 10.9 Å². The molecule has 0 bridgehead atoms. The minimum absolute atomic E-state index is 0.00654. The molecule has 6 nitrogen and oxygen atoms in total. The molecule has 1 amide bonds. The molecule has 5 rings (SSSR count). The molecule has 4 aromatic rings. The van der Waals surface area contributed by atoms with Crippen molar-refractivity contribution < 1.29 is 9.53 Å². The zero-order chi connectivity index (χ0) is 20.1. The maximum absolute atomic E-state index is 12.6.